The number of esters is 1. The fraction of sp³-hybridized carbons (Fsp3) is 0.409. The second-order valence-corrected chi connectivity index (χ2v) is 7.80. The third-order valence-corrected chi connectivity index (χ3v) is 6.31. The van der Waals surface area contributed by atoms with E-state index in [1.807, 2.05) is 6.07 Å². The maximum atomic E-state index is 13.8. The maximum Gasteiger partial charge on any atom is 0.311 e. The summed E-state index contributed by atoms with van der Waals surface area (Å²) in [6.07, 6.45) is 6.90. The molecule has 3 saturated carbocycles. The highest BCUT2D eigenvalue weighted by atomic mass is 19.1. The van der Waals surface area contributed by atoms with Crippen LogP contribution in [-0.2, 0) is 9.53 Å². The van der Waals surface area contributed by atoms with Crippen molar-refractivity contribution in [3.63, 3.8) is 0 Å². The quantitative estimate of drug-likeness (QED) is 0.567. The minimum absolute atomic E-state index is 0.0355. The van der Waals surface area contributed by atoms with Gasteiger partial charge in [-0.2, -0.15) is 0 Å². The summed E-state index contributed by atoms with van der Waals surface area (Å²) in [6.45, 7) is 0. The molecule has 0 amide bonds. The summed E-state index contributed by atoms with van der Waals surface area (Å²) in [4.78, 5) is 27.3. The van der Waals surface area contributed by atoms with Crippen LogP contribution < -0.4 is 4.74 Å². The van der Waals surface area contributed by atoms with Crippen LogP contribution in [0.25, 0.3) is 11.1 Å². The lowest BCUT2D eigenvalue weighted by Crippen LogP contribution is -2.52. The molecule has 2 aromatic rings. The second-order valence-electron chi connectivity index (χ2n) is 7.80. The number of pyridine rings is 1. The van der Waals surface area contributed by atoms with Gasteiger partial charge in [0.25, 0.3) is 0 Å². The minimum atomic E-state index is -0.551. The van der Waals surface area contributed by atoms with Crippen molar-refractivity contribution in [2.75, 3.05) is 7.11 Å². The normalized spacial score (nSPS) is 25.9. The first-order valence-electron chi connectivity index (χ1n) is 9.48. The molecule has 2 bridgehead atoms. The van der Waals surface area contributed by atoms with Gasteiger partial charge in [-0.25, -0.2) is 9.37 Å². The van der Waals surface area contributed by atoms with Crippen molar-refractivity contribution >= 4 is 12.3 Å². The van der Waals surface area contributed by atoms with Crippen LogP contribution in [0.2, 0.25) is 0 Å². The number of ether oxygens (including phenoxy) is 2. The highest BCUT2D eigenvalue weighted by Crippen LogP contribution is 2.54. The number of nitrogens with zero attached hydrogens (tertiary/aromatic N) is 1. The number of benzene rings is 1. The maximum absolute atomic E-state index is 13.8. The van der Waals surface area contributed by atoms with Crippen molar-refractivity contribution in [2.24, 2.45) is 5.41 Å². The number of halogens is 1. The van der Waals surface area contributed by atoms with E-state index in [1.54, 1.807) is 18.3 Å². The van der Waals surface area contributed by atoms with Gasteiger partial charge in [-0.3, -0.25) is 9.59 Å². The Kier molecular flexibility index (Phi) is 4.65. The van der Waals surface area contributed by atoms with Crippen molar-refractivity contribution in [2.45, 2.75) is 44.1 Å². The van der Waals surface area contributed by atoms with E-state index in [0.717, 1.165) is 44.1 Å². The van der Waals surface area contributed by atoms with E-state index in [1.165, 1.54) is 19.2 Å². The molecule has 0 saturated heterocycles. The molecule has 3 aliphatic rings. The van der Waals surface area contributed by atoms with E-state index < -0.39 is 5.82 Å². The zero-order valence-corrected chi connectivity index (χ0v) is 15.7. The monoisotopic (exact) mass is 383 g/mol. The molecule has 1 aromatic carbocycles. The summed E-state index contributed by atoms with van der Waals surface area (Å²) in [5, 5.41) is 0. The molecule has 146 valence electrons. The molecule has 1 heterocycles. The molecule has 0 N–H and O–H groups in total. The van der Waals surface area contributed by atoms with Crippen molar-refractivity contribution in [1.82, 2.24) is 4.98 Å². The van der Waals surface area contributed by atoms with Crippen LogP contribution in [-0.4, -0.2) is 30.0 Å². The van der Waals surface area contributed by atoms with Gasteiger partial charge >= 0.3 is 5.97 Å². The first-order valence-corrected chi connectivity index (χ1v) is 9.48. The van der Waals surface area contributed by atoms with Crippen LogP contribution in [0.1, 0.15) is 48.9 Å². The van der Waals surface area contributed by atoms with Gasteiger partial charge in [0.1, 0.15) is 11.4 Å². The molecule has 3 fully saturated rings. The van der Waals surface area contributed by atoms with Crippen LogP contribution in [0.5, 0.6) is 5.88 Å². The van der Waals surface area contributed by atoms with E-state index in [0.29, 0.717) is 17.7 Å². The Labute approximate surface area is 162 Å². The molecule has 5 nitrogen and oxygen atoms in total. The Hall–Kier alpha value is -2.76. The molecule has 6 heteroatoms. The largest absolute Gasteiger partial charge is 0.471 e. The molecule has 0 spiro atoms. The van der Waals surface area contributed by atoms with Crippen molar-refractivity contribution < 1.29 is 23.5 Å². The Balaban J connectivity index is 1.47. The van der Waals surface area contributed by atoms with E-state index in [-0.39, 0.29) is 22.5 Å². The molecule has 3 aliphatic carbocycles. The fourth-order valence-electron chi connectivity index (χ4n) is 4.46. The molecule has 0 unspecified atom stereocenters. The number of fused-ring (bicyclic) bond motifs is 3. The highest BCUT2D eigenvalue weighted by molar-refractivity contribution is 5.78. The van der Waals surface area contributed by atoms with Gasteiger partial charge in [0.2, 0.25) is 5.88 Å². The van der Waals surface area contributed by atoms with Crippen LogP contribution in [0, 0.1) is 11.2 Å². The number of methoxy groups -OCH3 is 1. The molecular weight excluding hydrogens is 361 g/mol. The van der Waals surface area contributed by atoms with Gasteiger partial charge in [0.05, 0.1) is 18.1 Å². The smallest absolute Gasteiger partial charge is 0.311 e. The third kappa shape index (κ3) is 3.17. The van der Waals surface area contributed by atoms with Crippen LogP contribution in [0.4, 0.5) is 4.39 Å². The van der Waals surface area contributed by atoms with Gasteiger partial charge in [0.15, 0.2) is 6.29 Å². The summed E-state index contributed by atoms with van der Waals surface area (Å²) in [7, 11) is 1.45. The third-order valence-electron chi connectivity index (χ3n) is 6.31. The number of aromatic nitrogens is 1. The molecule has 0 aliphatic heterocycles. The number of carbonyl (C=O) groups excluding carboxylic acids is 2. The van der Waals surface area contributed by atoms with Gasteiger partial charge < -0.3 is 9.47 Å². The molecule has 5 rings (SSSR count). The Morgan fingerprint density at radius 1 is 1.07 bits per heavy atom. The SMILES string of the molecule is COC(=O)C12CCC(Oc3ccc(-c4ccc(C=O)c(F)c4)cn3)(CC1)CC2. The lowest BCUT2D eigenvalue weighted by Gasteiger charge is -2.51. The van der Waals surface area contributed by atoms with Crippen LogP contribution >= 0.6 is 0 Å². The highest BCUT2D eigenvalue weighted by Gasteiger charge is 2.54. The van der Waals surface area contributed by atoms with Gasteiger partial charge in [-0.1, -0.05) is 6.07 Å². The standard InChI is InChI=1S/C22H22FNO4/c1-27-20(26)21-6-9-22(10-7-21,11-8-21)28-19-5-4-16(13-24-19)15-2-3-17(14-25)18(23)12-15/h2-5,12-14H,6-11H2,1H3. The zero-order valence-electron chi connectivity index (χ0n) is 15.7. The fourth-order valence-corrected chi connectivity index (χ4v) is 4.46. The molecular formula is C22H22FNO4. The predicted molar refractivity (Wildman–Crippen MR) is 101 cm³/mol. The van der Waals surface area contributed by atoms with E-state index in [9.17, 15) is 14.0 Å². The lowest BCUT2D eigenvalue weighted by atomic mass is 9.58. The molecule has 1 aromatic heterocycles. The Morgan fingerprint density at radius 2 is 1.75 bits per heavy atom. The van der Waals surface area contributed by atoms with E-state index in [4.69, 9.17) is 9.47 Å². The average molecular weight is 383 g/mol. The summed E-state index contributed by atoms with van der Waals surface area (Å²) < 4.78 is 25.1. The number of aldehydes is 1. The number of carbonyl (C=O) groups is 2. The van der Waals surface area contributed by atoms with Gasteiger partial charge in [0, 0.05) is 17.8 Å². The van der Waals surface area contributed by atoms with Crippen molar-refractivity contribution in [1.29, 1.82) is 0 Å². The molecule has 28 heavy (non-hydrogen) atoms. The number of rotatable bonds is 5. The second kappa shape index (κ2) is 7.00. The first-order chi connectivity index (χ1) is 13.5. The van der Waals surface area contributed by atoms with E-state index in [2.05, 4.69) is 4.98 Å². The van der Waals surface area contributed by atoms with E-state index >= 15 is 0 Å². The average Bonchev–Trinajstić information content (AvgIpc) is 2.74. The lowest BCUT2D eigenvalue weighted by molar-refractivity contribution is -0.166. The Morgan fingerprint density at radius 3 is 2.29 bits per heavy atom. The van der Waals surface area contributed by atoms with Gasteiger partial charge in [-0.05, 0) is 62.3 Å². The zero-order chi connectivity index (χ0) is 19.8. The van der Waals surface area contributed by atoms with Crippen molar-refractivity contribution in [3.8, 4) is 17.0 Å². The number of hydrogen-bond acceptors (Lipinski definition) is 5. The summed E-state index contributed by atoms with van der Waals surface area (Å²) in [5.74, 6) is -0.123. The van der Waals surface area contributed by atoms with Crippen molar-refractivity contribution in [3.05, 3.63) is 47.9 Å². The predicted octanol–water partition coefficient (Wildman–Crippen LogP) is 4.35. The summed E-state index contributed by atoms with van der Waals surface area (Å²) in [6, 6.07) is 8.09. The molecule has 0 radical (unpaired) electrons. The topological polar surface area (TPSA) is 65.5 Å². The van der Waals surface area contributed by atoms with Gasteiger partial charge in [-0.15, -0.1) is 0 Å². The minimum Gasteiger partial charge on any atom is -0.471 e. The first kappa shape index (κ1) is 18.6. The molecule has 0 atom stereocenters. The summed E-state index contributed by atoms with van der Waals surface area (Å²) in [5.41, 5.74) is 0.821. The van der Waals surface area contributed by atoms with Crippen LogP contribution in [0.3, 0.4) is 0 Å². The summed E-state index contributed by atoms with van der Waals surface area (Å²) >= 11 is 0. The number of hydrogen-bond donors (Lipinski definition) is 0. The van der Waals surface area contributed by atoms with Crippen LogP contribution in [0.15, 0.2) is 36.5 Å². The Bertz CT molecular complexity index is 885.